The lowest BCUT2D eigenvalue weighted by atomic mass is 10.0. The minimum atomic E-state index is -4.31. The van der Waals surface area contributed by atoms with Crippen LogP contribution in [0.4, 0.5) is 5.69 Å². The Bertz CT molecular complexity index is 994. The van der Waals surface area contributed by atoms with Crippen molar-refractivity contribution in [2.75, 3.05) is 6.61 Å². The molecule has 0 fully saturated rings. The van der Waals surface area contributed by atoms with Crippen LogP contribution in [0, 0.1) is 10.1 Å². The number of rotatable bonds is 8. The maximum atomic E-state index is 12.5. The Hall–Kier alpha value is -2.38. The van der Waals surface area contributed by atoms with E-state index in [0.29, 0.717) is 0 Å². The molecule has 2 atom stereocenters. The fraction of sp³-hybridized carbons (Fsp3) is 0.188. The van der Waals surface area contributed by atoms with Crippen LogP contribution in [0.3, 0.4) is 0 Å². The number of carboxylic acid groups (broad SMARTS) is 1. The highest BCUT2D eigenvalue weighted by Gasteiger charge is 2.27. The molecule has 0 spiro atoms. The maximum absolute atomic E-state index is 12.5. The molecule has 2 rings (SSSR count). The summed E-state index contributed by atoms with van der Waals surface area (Å²) < 4.78 is 27.2. The zero-order chi connectivity index (χ0) is 21.1. The highest BCUT2D eigenvalue weighted by Crippen LogP contribution is 2.24. The van der Waals surface area contributed by atoms with E-state index >= 15 is 0 Å². The number of non-ortho nitro benzene ring substituents is 1. The van der Waals surface area contributed by atoms with Crippen molar-refractivity contribution in [2.45, 2.75) is 17.0 Å². The summed E-state index contributed by atoms with van der Waals surface area (Å²) >= 11 is 2.97. The van der Waals surface area contributed by atoms with Crippen molar-refractivity contribution in [1.82, 2.24) is 4.72 Å². The van der Waals surface area contributed by atoms with Gasteiger partial charge in [0, 0.05) is 22.2 Å². The number of sulfonamides is 1. The lowest BCUT2D eigenvalue weighted by Crippen LogP contribution is -2.42. The van der Waals surface area contributed by atoms with Gasteiger partial charge < -0.3 is 20.1 Å². The zero-order valence-corrected chi connectivity index (χ0v) is 16.4. The molecule has 0 saturated heterocycles. The van der Waals surface area contributed by atoms with E-state index in [-0.39, 0.29) is 21.3 Å². The van der Waals surface area contributed by atoms with Gasteiger partial charge in [-0.15, -0.1) is 0 Å². The predicted octanol–water partition coefficient (Wildman–Crippen LogP) is 0.0936. The number of hydrogen-bond donors (Lipinski definition) is 3. The minimum Gasteiger partial charge on any atom is -0.545 e. The Kier molecular flexibility index (Phi) is 6.85. The smallest absolute Gasteiger partial charge is 0.269 e. The molecule has 28 heavy (non-hydrogen) atoms. The van der Waals surface area contributed by atoms with Gasteiger partial charge in [-0.05, 0) is 35.9 Å². The van der Waals surface area contributed by atoms with Crippen molar-refractivity contribution in [1.29, 1.82) is 0 Å². The van der Waals surface area contributed by atoms with Crippen molar-refractivity contribution in [3.63, 3.8) is 0 Å². The molecule has 0 unspecified atom stereocenters. The molecule has 0 bridgehead atoms. The summed E-state index contributed by atoms with van der Waals surface area (Å²) in [5.74, 6) is -1.59. The average molecular weight is 474 g/mol. The van der Waals surface area contributed by atoms with Crippen molar-refractivity contribution in [2.24, 2.45) is 0 Å². The van der Waals surface area contributed by atoms with Crippen LogP contribution in [-0.2, 0) is 10.0 Å². The molecular weight excluding hydrogens is 460 g/mol. The topological polar surface area (TPSA) is 170 Å². The summed E-state index contributed by atoms with van der Waals surface area (Å²) in [5.41, 5.74) is -0.473. The fourth-order valence-corrected chi connectivity index (χ4v) is 3.99. The number of aliphatic hydroxyl groups excluding tert-OH is 2. The highest BCUT2D eigenvalue weighted by atomic mass is 79.9. The third kappa shape index (κ3) is 4.91. The molecule has 2 aromatic rings. The summed E-state index contributed by atoms with van der Waals surface area (Å²) in [6, 6.07) is 6.54. The second-order valence-corrected chi connectivity index (χ2v) is 8.20. The lowest BCUT2D eigenvalue weighted by molar-refractivity contribution is -0.384. The second-order valence-electron chi connectivity index (χ2n) is 5.63. The summed E-state index contributed by atoms with van der Waals surface area (Å²) in [7, 11) is -4.31. The summed E-state index contributed by atoms with van der Waals surface area (Å²) in [4.78, 5) is 20.7. The van der Waals surface area contributed by atoms with E-state index in [1.165, 1.54) is 18.2 Å². The molecule has 0 saturated carbocycles. The second kappa shape index (κ2) is 8.75. The molecule has 2 aromatic carbocycles. The number of hydrogen-bond acceptors (Lipinski definition) is 8. The number of carbonyl (C=O) groups excluding carboxylic acids is 1. The van der Waals surface area contributed by atoms with E-state index in [1.807, 2.05) is 0 Å². The van der Waals surface area contributed by atoms with E-state index in [1.54, 1.807) is 0 Å². The van der Waals surface area contributed by atoms with Crippen LogP contribution in [0.25, 0.3) is 0 Å². The number of nitro groups is 1. The van der Waals surface area contributed by atoms with Crippen LogP contribution in [0.2, 0.25) is 0 Å². The van der Waals surface area contributed by atoms with Gasteiger partial charge in [-0.25, -0.2) is 13.1 Å². The SMILES string of the molecule is O=C([O-])c1cc(S(=O)(=O)N[C@@H](CO)[C@@H](O)c2ccc([N+](=O)[O-])cc2)ccc1Br. The highest BCUT2D eigenvalue weighted by molar-refractivity contribution is 9.10. The quantitative estimate of drug-likeness (QED) is 0.357. The molecule has 0 aliphatic carbocycles. The Balaban J connectivity index is 2.28. The molecule has 0 amide bonds. The molecule has 0 heterocycles. The van der Waals surface area contributed by atoms with E-state index in [9.17, 15) is 38.6 Å². The van der Waals surface area contributed by atoms with Gasteiger partial charge in [0.1, 0.15) is 0 Å². The Morgan fingerprint density at radius 2 is 1.82 bits per heavy atom. The molecule has 0 aliphatic heterocycles. The normalized spacial score (nSPS) is 13.7. The minimum absolute atomic E-state index is 0.121. The van der Waals surface area contributed by atoms with Gasteiger partial charge in [0.2, 0.25) is 10.0 Å². The average Bonchev–Trinajstić information content (AvgIpc) is 2.65. The lowest BCUT2D eigenvalue weighted by Gasteiger charge is -2.22. The predicted molar refractivity (Wildman–Crippen MR) is 97.7 cm³/mol. The molecule has 0 aromatic heterocycles. The number of halogens is 1. The van der Waals surface area contributed by atoms with Gasteiger partial charge >= 0.3 is 0 Å². The number of nitrogens with zero attached hydrogens (tertiary/aromatic N) is 1. The standard InChI is InChI=1S/C16H15BrN2O8S/c17-13-6-5-11(7-12(13)16(22)23)28(26,27)18-14(8-20)15(21)9-1-3-10(4-2-9)19(24)25/h1-7,14-15,18,20-21H,8H2,(H,22,23)/p-1/t14-,15-/m0/s1. The summed E-state index contributed by atoms with van der Waals surface area (Å²) in [6.07, 6.45) is -1.52. The monoisotopic (exact) mass is 473 g/mol. The first-order chi connectivity index (χ1) is 13.1. The number of carboxylic acids is 1. The van der Waals surface area contributed by atoms with Gasteiger partial charge in [-0.2, -0.15) is 0 Å². The largest absolute Gasteiger partial charge is 0.545 e. The Labute approximate surface area is 167 Å². The molecule has 3 N–H and O–H groups in total. The van der Waals surface area contributed by atoms with E-state index in [4.69, 9.17) is 0 Å². The Morgan fingerprint density at radius 3 is 2.32 bits per heavy atom. The number of carbonyl (C=O) groups is 1. The zero-order valence-electron chi connectivity index (χ0n) is 14.0. The molecule has 0 aliphatic rings. The van der Waals surface area contributed by atoms with E-state index < -0.39 is 44.6 Å². The number of aliphatic hydroxyl groups is 2. The molecule has 0 radical (unpaired) electrons. The molecule has 10 nitrogen and oxygen atoms in total. The first kappa shape index (κ1) is 21.9. The number of nitro benzene ring substituents is 1. The van der Waals surface area contributed by atoms with E-state index in [2.05, 4.69) is 20.7 Å². The number of nitrogens with one attached hydrogen (secondary N) is 1. The van der Waals surface area contributed by atoms with Crippen LogP contribution in [-0.4, -0.2) is 42.2 Å². The van der Waals surface area contributed by atoms with Gasteiger partial charge in [0.05, 0.1) is 34.5 Å². The maximum Gasteiger partial charge on any atom is 0.269 e. The van der Waals surface area contributed by atoms with Crippen LogP contribution >= 0.6 is 15.9 Å². The van der Waals surface area contributed by atoms with E-state index in [0.717, 1.165) is 24.3 Å². The van der Waals surface area contributed by atoms with Gasteiger partial charge in [0.25, 0.3) is 5.69 Å². The van der Waals surface area contributed by atoms with Crippen molar-refractivity contribution < 1.29 is 33.5 Å². The third-order valence-corrected chi connectivity index (χ3v) is 5.98. The summed E-state index contributed by atoms with van der Waals surface area (Å²) in [5, 5.41) is 41.6. The van der Waals surface area contributed by atoms with Gasteiger partial charge in [-0.1, -0.05) is 15.9 Å². The van der Waals surface area contributed by atoms with Crippen LogP contribution < -0.4 is 9.83 Å². The van der Waals surface area contributed by atoms with Crippen LogP contribution in [0.1, 0.15) is 22.0 Å². The first-order valence-electron chi connectivity index (χ1n) is 7.63. The van der Waals surface area contributed by atoms with Gasteiger partial charge in [-0.3, -0.25) is 10.1 Å². The number of benzene rings is 2. The molecule has 12 heteroatoms. The molecule has 150 valence electrons. The Morgan fingerprint density at radius 1 is 1.21 bits per heavy atom. The van der Waals surface area contributed by atoms with Gasteiger partial charge in [0.15, 0.2) is 0 Å². The van der Waals surface area contributed by atoms with Crippen LogP contribution in [0.5, 0.6) is 0 Å². The fourth-order valence-electron chi connectivity index (χ4n) is 2.32. The first-order valence-corrected chi connectivity index (χ1v) is 9.91. The number of aromatic carboxylic acids is 1. The van der Waals surface area contributed by atoms with Crippen LogP contribution in [0.15, 0.2) is 51.8 Å². The van der Waals surface area contributed by atoms with Crippen molar-refractivity contribution in [3.05, 3.63) is 68.2 Å². The molecular formula is C16H14BrN2O8S-. The summed E-state index contributed by atoms with van der Waals surface area (Å²) in [6.45, 7) is -0.790. The third-order valence-electron chi connectivity index (χ3n) is 3.80. The van der Waals surface area contributed by atoms with Crippen molar-refractivity contribution >= 4 is 37.6 Å². The van der Waals surface area contributed by atoms with Crippen molar-refractivity contribution in [3.8, 4) is 0 Å².